The van der Waals surface area contributed by atoms with Crippen LogP contribution in [0.2, 0.25) is 0 Å². The van der Waals surface area contributed by atoms with E-state index in [1.54, 1.807) is 0 Å². The van der Waals surface area contributed by atoms with Gasteiger partial charge in [-0.3, -0.25) is 9.59 Å². The van der Waals surface area contributed by atoms with Crippen LogP contribution in [-0.2, 0) is 9.59 Å². The number of amides is 2. The molecule has 10 heavy (non-hydrogen) atoms. The van der Waals surface area contributed by atoms with E-state index in [-0.39, 0.29) is 17.5 Å². The van der Waals surface area contributed by atoms with E-state index in [1.165, 1.54) is 14.0 Å². The van der Waals surface area contributed by atoms with Crippen molar-refractivity contribution in [1.29, 1.82) is 0 Å². The molecule has 0 aliphatic rings. The molecular weight excluding hydrogens is 132 g/mol. The minimum Gasteiger partial charge on any atom is -0.354 e. The summed E-state index contributed by atoms with van der Waals surface area (Å²) in [5.74, 6) is -0.677. The second kappa shape index (κ2) is 3.66. The Balaban J connectivity index is 3.86. The molecule has 0 radical (unpaired) electrons. The van der Waals surface area contributed by atoms with Crippen molar-refractivity contribution in [2.24, 2.45) is 0 Å². The third-order valence-corrected chi connectivity index (χ3v) is 0.828. The van der Waals surface area contributed by atoms with E-state index in [2.05, 4.69) is 17.2 Å². The molecule has 0 bridgehead atoms. The van der Waals surface area contributed by atoms with Gasteiger partial charge in [0.1, 0.15) is 0 Å². The van der Waals surface area contributed by atoms with Gasteiger partial charge in [-0.05, 0) is 0 Å². The quantitative estimate of drug-likeness (QED) is 0.505. The summed E-state index contributed by atoms with van der Waals surface area (Å²) in [5, 5.41) is 4.56. The van der Waals surface area contributed by atoms with E-state index in [9.17, 15) is 9.59 Å². The number of carbonyl (C=O) groups excluding carboxylic acids is 2. The van der Waals surface area contributed by atoms with Crippen LogP contribution < -0.4 is 10.6 Å². The van der Waals surface area contributed by atoms with Gasteiger partial charge in [-0.25, -0.2) is 0 Å². The highest BCUT2D eigenvalue weighted by molar-refractivity contribution is 5.96. The van der Waals surface area contributed by atoms with Gasteiger partial charge < -0.3 is 10.6 Å². The molecule has 0 aliphatic carbocycles. The van der Waals surface area contributed by atoms with Crippen molar-refractivity contribution in [1.82, 2.24) is 10.6 Å². The number of rotatable bonds is 2. The zero-order valence-corrected chi connectivity index (χ0v) is 6.02. The van der Waals surface area contributed by atoms with Crippen molar-refractivity contribution in [3.05, 3.63) is 12.3 Å². The Labute approximate surface area is 59.3 Å². The molecule has 0 aromatic heterocycles. The number of hydrogen-bond acceptors (Lipinski definition) is 2. The third-order valence-electron chi connectivity index (χ3n) is 0.828. The van der Waals surface area contributed by atoms with Crippen LogP contribution in [-0.4, -0.2) is 18.9 Å². The van der Waals surface area contributed by atoms with Crippen LogP contribution in [0, 0.1) is 0 Å². The molecule has 0 aromatic carbocycles. The summed E-state index contributed by atoms with van der Waals surface area (Å²) in [5.41, 5.74) is 0.0648. The zero-order valence-electron chi connectivity index (χ0n) is 6.02. The molecule has 0 rings (SSSR count). The molecular formula is C6H10N2O2. The number of likely N-dealkylation sites (N-methyl/N-ethyl adjacent to an activating group) is 1. The Morgan fingerprint density at radius 3 is 2.20 bits per heavy atom. The first-order valence-corrected chi connectivity index (χ1v) is 2.76. The molecule has 0 unspecified atom stereocenters. The third kappa shape index (κ3) is 2.86. The van der Waals surface area contributed by atoms with E-state index in [0.29, 0.717) is 0 Å². The molecule has 2 N–H and O–H groups in total. The van der Waals surface area contributed by atoms with Crippen molar-refractivity contribution in [2.75, 3.05) is 7.05 Å². The lowest BCUT2D eigenvalue weighted by Crippen LogP contribution is -2.30. The summed E-state index contributed by atoms with van der Waals surface area (Å²) in [6.45, 7) is 4.64. The number of nitrogens with one attached hydrogen (secondary N) is 2. The van der Waals surface area contributed by atoms with Crippen LogP contribution in [0.5, 0.6) is 0 Å². The maximum atomic E-state index is 10.6. The highest BCUT2D eigenvalue weighted by atomic mass is 16.2. The molecule has 0 saturated carbocycles. The molecule has 0 aromatic rings. The maximum Gasteiger partial charge on any atom is 0.266 e. The van der Waals surface area contributed by atoms with Gasteiger partial charge in [0.15, 0.2) is 0 Å². The van der Waals surface area contributed by atoms with Crippen LogP contribution in [0.4, 0.5) is 0 Å². The first-order chi connectivity index (χ1) is 4.57. The van der Waals surface area contributed by atoms with Gasteiger partial charge in [0.2, 0.25) is 5.91 Å². The van der Waals surface area contributed by atoms with Gasteiger partial charge in [0.05, 0.1) is 5.70 Å². The molecule has 2 amide bonds. The van der Waals surface area contributed by atoms with Crippen LogP contribution in [0.15, 0.2) is 12.3 Å². The molecule has 0 aliphatic heterocycles. The fourth-order valence-corrected chi connectivity index (χ4v) is 0.420. The fourth-order valence-electron chi connectivity index (χ4n) is 0.420. The molecule has 0 fully saturated rings. The molecule has 4 heteroatoms. The predicted octanol–water partition coefficient (Wildman–Crippen LogP) is -0.618. The van der Waals surface area contributed by atoms with E-state index in [1.807, 2.05) is 0 Å². The average molecular weight is 142 g/mol. The molecule has 56 valence electrons. The standard InChI is InChI=1S/C6H10N2O2/c1-4(6(10)7-3)8-5(2)9/h1H2,2-3H3,(H,7,10)(H,8,9). The second-order valence-electron chi connectivity index (χ2n) is 1.74. The van der Waals surface area contributed by atoms with Gasteiger partial charge in [-0.15, -0.1) is 0 Å². The SMILES string of the molecule is C=C(NC(C)=O)C(=O)NC. The zero-order chi connectivity index (χ0) is 8.15. The van der Waals surface area contributed by atoms with Crippen LogP contribution in [0.25, 0.3) is 0 Å². The first-order valence-electron chi connectivity index (χ1n) is 2.76. The van der Waals surface area contributed by atoms with Gasteiger partial charge in [0.25, 0.3) is 5.91 Å². The molecule has 0 atom stereocenters. The Hall–Kier alpha value is -1.32. The highest BCUT2D eigenvalue weighted by Gasteiger charge is 2.03. The van der Waals surface area contributed by atoms with Gasteiger partial charge in [-0.2, -0.15) is 0 Å². The van der Waals surface area contributed by atoms with Crippen LogP contribution >= 0.6 is 0 Å². The van der Waals surface area contributed by atoms with Crippen molar-refractivity contribution in [2.45, 2.75) is 6.92 Å². The molecule has 4 nitrogen and oxygen atoms in total. The lowest BCUT2D eigenvalue weighted by molar-refractivity contribution is -0.122. The molecule has 0 saturated heterocycles. The summed E-state index contributed by atoms with van der Waals surface area (Å²) >= 11 is 0. The second-order valence-corrected chi connectivity index (χ2v) is 1.74. The van der Waals surface area contributed by atoms with Crippen LogP contribution in [0.1, 0.15) is 6.92 Å². The minimum atomic E-state index is -0.379. The summed E-state index contributed by atoms with van der Waals surface area (Å²) in [4.78, 5) is 20.9. The van der Waals surface area contributed by atoms with E-state index in [0.717, 1.165) is 0 Å². The van der Waals surface area contributed by atoms with E-state index < -0.39 is 0 Å². The van der Waals surface area contributed by atoms with Crippen molar-refractivity contribution >= 4 is 11.8 Å². The Kier molecular flexibility index (Phi) is 3.17. The van der Waals surface area contributed by atoms with Crippen molar-refractivity contribution < 1.29 is 9.59 Å². The summed E-state index contributed by atoms with van der Waals surface area (Å²) in [6, 6.07) is 0. The summed E-state index contributed by atoms with van der Waals surface area (Å²) in [6.07, 6.45) is 0. The minimum absolute atomic E-state index is 0.0648. The van der Waals surface area contributed by atoms with Gasteiger partial charge in [0, 0.05) is 14.0 Å². The Morgan fingerprint density at radius 1 is 1.40 bits per heavy atom. The Morgan fingerprint density at radius 2 is 1.90 bits per heavy atom. The van der Waals surface area contributed by atoms with Crippen molar-refractivity contribution in [3.8, 4) is 0 Å². The average Bonchev–Trinajstić information content (AvgIpc) is 1.85. The van der Waals surface area contributed by atoms with Crippen LogP contribution in [0.3, 0.4) is 0 Å². The number of hydrogen-bond donors (Lipinski definition) is 2. The van der Waals surface area contributed by atoms with Crippen molar-refractivity contribution in [3.63, 3.8) is 0 Å². The first kappa shape index (κ1) is 8.68. The Bertz CT molecular complexity index is 175. The summed E-state index contributed by atoms with van der Waals surface area (Å²) in [7, 11) is 1.47. The maximum absolute atomic E-state index is 10.6. The predicted molar refractivity (Wildman–Crippen MR) is 37.0 cm³/mol. The summed E-state index contributed by atoms with van der Waals surface area (Å²) < 4.78 is 0. The van der Waals surface area contributed by atoms with Gasteiger partial charge in [-0.1, -0.05) is 6.58 Å². The fraction of sp³-hybridized carbons (Fsp3) is 0.333. The monoisotopic (exact) mass is 142 g/mol. The largest absolute Gasteiger partial charge is 0.354 e. The topological polar surface area (TPSA) is 58.2 Å². The smallest absolute Gasteiger partial charge is 0.266 e. The van der Waals surface area contributed by atoms with E-state index in [4.69, 9.17) is 0 Å². The highest BCUT2D eigenvalue weighted by Crippen LogP contribution is 1.81. The molecule has 0 spiro atoms. The normalized spacial score (nSPS) is 8.20. The lowest BCUT2D eigenvalue weighted by Gasteiger charge is -2.02. The molecule has 0 heterocycles. The van der Waals surface area contributed by atoms with Gasteiger partial charge >= 0.3 is 0 Å². The lowest BCUT2D eigenvalue weighted by atomic mass is 10.4. The number of carbonyl (C=O) groups is 2. The van der Waals surface area contributed by atoms with E-state index >= 15 is 0 Å².